The number of aromatic hydroxyl groups is 1. The second kappa shape index (κ2) is 19.9. The van der Waals surface area contributed by atoms with Crippen molar-refractivity contribution in [2.75, 3.05) is 69.9 Å². The van der Waals surface area contributed by atoms with Crippen molar-refractivity contribution >= 4 is 68.8 Å². The highest BCUT2D eigenvalue weighted by molar-refractivity contribution is 6.26. The van der Waals surface area contributed by atoms with E-state index in [9.17, 15) is 33.9 Å². The molecule has 5 aromatic rings. The number of nitrogens with zero attached hydrogens (tertiary/aromatic N) is 7. The average molecular weight is 1040 g/mol. The zero-order valence-corrected chi connectivity index (χ0v) is 41.3. The number of benzene rings is 3. The standard InChI is InChI=1S/C54H52F2N10O10/c1-4-34-38(55)11-8-29-18-33(67)19-36(43(29)34)46-45(56)47-37(21-57-46)48(64-23-30-9-10-31(24-64)58-30)62-52(61-47)76-27-54-15-14-32(65(54)22-28(2)20-54)25-75-53(73)63(3)16-17-74-26-42(69)59-39-7-5-6-35-44(39)51(72)66(50(35)71)40-12-13-41(68)60-49(40)70/h1,5-8,11,18-19,21,30-32,40,58,67H,2,9-10,12-17,20,22-27H2,3H3,(H,59,69)(H,60,68,70)/t30?,31?,32-,40?,54-/m0/s1. The van der Waals surface area contributed by atoms with Gasteiger partial charge in [-0.25, -0.2) is 13.6 Å². The number of rotatable bonds is 14. The number of carbonyl (C=O) groups is 6. The maximum absolute atomic E-state index is 17.2. The smallest absolute Gasteiger partial charge is 0.409 e. The average Bonchev–Trinajstić information content (AvgIpc) is 4.15. The van der Waals surface area contributed by atoms with Gasteiger partial charge in [-0.1, -0.05) is 30.2 Å². The Morgan fingerprint density at radius 2 is 1.84 bits per heavy atom. The number of terminal acetylenes is 1. The highest BCUT2D eigenvalue weighted by atomic mass is 19.1. The van der Waals surface area contributed by atoms with Gasteiger partial charge in [0.1, 0.15) is 54.5 Å². The zero-order chi connectivity index (χ0) is 53.2. The van der Waals surface area contributed by atoms with E-state index in [1.165, 1.54) is 60.6 Å². The first kappa shape index (κ1) is 50.0. The number of amides is 6. The second-order valence-electron chi connectivity index (χ2n) is 20.2. The number of likely N-dealkylation sites (N-methyl/N-ethyl adjacent to an activating group) is 1. The van der Waals surface area contributed by atoms with E-state index in [0.29, 0.717) is 55.5 Å². The molecule has 6 aliphatic rings. The van der Waals surface area contributed by atoms with Gasteiger partial charge in [0.15, 0.2) is 5.82 Å². The van der Waals surface area contributed by atoms with Gasteiger partial charge in [0, 0.05) is 74.9 Å². The molecule has 6 aliphatic heterocycles. The predicted molar refractivity (Wildman–Crippen MR) is 270 cm³/mol. The van der Waals surface area contributed by atoms with Crippen molar-refractivity contribution in [1.82, 2.24) is 40.3 Å². The van der Waals surface area contributed by atoms with E-state index in [4.69, 9.17) is 25.6 Å². The number of hydrogen-bond acceptors (Lipinski definition) is 16. The van der Waals surface area contributed by atoms with Crippen molar-refractivity contribution < 1.29 is 56.9 Å². The van der Waals surface area contributed by atoms with Crippen molar-refractivity contribution in [1.29, 1.82) is 0 Å². The number of phenols is 1. The first-order valence-electron chi connectivity index (χ1n) is 25.1. The Labute approximate surface area is 433 Å². The molecule has 22 heteroatoms. The number of ether oxygens (including phenoxy) is 3. The third-order valence-corrected chi connectivity index (χ3v) is 15.3. The third kappa shape index (κ3) is 9.06. The number of carbonyl (C=O) groups excluding carboxylic acids is 6. The van der Waals surface area contributed by atoms with Crippen LogP contribution in [-0.4, -0.2) is 160 Å². The number of nitrogens with one attached hydrogen (secondary N) is 3. The van der Waals surface area contributed by atoms with E-state index >= 15 is 8.78 Å². The lowest BCUT2D eigenvalue weighted by atomic mass is 9.94. The predicted octanol–water partition coefficient (Wildman–Crippen LogP) is 4.42. The van der Waals surface area contributed by atoms with Crippen LogP contribution in [0.5, 0.6) is 11.8 Å². The third-order valence-electron chi connectivity index (χ3n) is 15.3. The molecule has 8 heterocycles. The van der Waals surface area contributed by atoms with Gasteiger partial charge >= 0.3 is 12.1 Å². The molecule has 6 amide bonds. The number of imide groups is 2. The number of halogens is 2. The molecule has 0 radical (unpaired) electrons. The molecule has 5 fully saturated rings. The molecule has 20 nitrogen and oxygen atoms in total. The fraction of sp³-hybridized carbons (Fsp3) is 0.389. The summed E-state index contributed by atoms with van der Waals surface area (Å²) in [4.78, 5) is 97.5. The molecule has 11 rings (SSSR count). The van der Waals surface area contributed by atoms with Crippen LogP contribution in [0.15, 0.2) is 60.8 Å². The highest BCUT2D eigenvalue weighted by Gasteiger charge is 2.52. The second-order valence-corrected chi connectivity index (χ2v) is 20.2. The molecule has 5 atom stereocenters. The Kier molecular flexibility index (Phi) is 13.1. The van der Waals surface area contributed by atoms with Crippen molar-refractivity contribution in [2.45, 2.75) is 74.7 Å². The number of fused-ring (bicyclic) bond motifs is 6. The Bertz CT molecular complexity index is 3360. The molecular weight excluding hydrogens is 987 g/mol. The molecule has 0 saturated carbocycles. The summed E-state index contributed by atoms with van der Waals surface area (Å²) in [6.07, 6.45) is 10.5. The van der Waals surface area contributed by atoms with Crippen molar-refractivity contribution in [3.8, 4) is 35.4 Å². The van der Waals surface area contributed by atoms with Crippen LogP contribution in [0, 0.1) is 24.0 Å². The van der Waals surface area contributed by atoms with E-state index in [0.717, 1.165) is 23.3 Å². The molecule has 2 aromatic heterocycles. The largest absolute Gasteiger partial charge is 0.508 e. The molecule has 76 heavy (non-hydrogen) atoms. The van der Waals surface area contributed by atoms with Gasteiger partial charge < -0.3 is 39.8 Å². The number of hydrogen-bond donors (Lipinski definition) is 4. The summed E-state index contributed by atoms with van der Waals surface area (Å²) in [7, 11) is 1.53. The minimum absolute atomic E-state index is 0.0107. The van der Waals surface area contributed by atoms with Crippen LogP contribution < -0.4 is 25.6 Å². The van der Waals surface area contributed by atoms with E-state index in [1.807, 2.05) is 0 Å². The monoisotopic (exact) mass is 1040 g/mol. The lowest BCUT2D eigenvalue weighted by molar-refractivity contribution is -0.136. The van der Waals surface area contributed by atoms with E-state index < -0.39 is 65.5 Å². The quantitative estimate of drug-likeness (QED) is 0.0521. The first-order valence-corrected chi connectivity index (χ1v) is 25.1. The molecule has 2 bridgehead atoms. The van der Waals surface area contributed by atoms with E-state index in [2.05, 4.69) is 48.2 Å². The van der Waals surface area contributed by atoms with Crippen LogP contribution in [0.25, 0.3) is 32.9 Å². The van der Waals surface area contributed by atoms with E-state index in [-0.39, 0.29) is 114 Å². The summed E-state index contributed by atoms with van der Waals surface area (Å²) in [6, 6.07) is 8.75. The molecule has 3 unspecified atom stereocenters. The van der Waals surface area contributed by atoms with Crippen molar-refractivity contribution in [3.05, 3.63) is 89.1 Å². The molecule has 392 valence electrons. The van der Waals surface area contributed by atoms with Crippen LogP contribution in [0.1, 0.15) is 71.2 Å². The van der Waals surface area contributed by atoms with Gasteiger partial charge in [-0.15, -0.1) is 6.42 Å². The minimum Gasteiger partial charge on any atom is -0.508 e. The van der Waals surface area contributed by atoms with Gasteiger partial charge in [-0.3, -0.25) is 44.1 Å². The fourth-order valence-corrected chi connectivity index (χ4v) is 11.7. The lowest BCUT2D eigenvalue weighted by Gasteiger charge is -2.35. The first-order chi connectivity index (χ1) is 36.6. The van der Waals surface area contributed by atoms with Gasteiger partial charge in [0.25, 0.3) is 11.8 Å². The molecule has 3 aromatic carbocycles. The normalized spacial score (nSPS) is 23.0. The number of piperidine rings is 1. The Balaban J connectivity index is 0.729. The summed E-state index contributed by atoms with van der Waals surface area (Å²) >= 11 is 0. The Morgan fingerprint density at radius 3 is 2.62 bits per heavy atom. The van der Waals surface area contributed by atoms with Crippen LogP contribution in [0.4, 0.5) is 25.1 Å². The molecule has 0 spiro atoms. The van der Waals surface area contributed by atoms with Crippen LogP contribution in [-0.2, 0) is 23.9 Å². The maximum atomic E-state index is 17.2. The fourth-order valence-electron chi connectivity index (χ4n) is 11.7. The number of phenolic OH excluding ortho intramolecular Hbond substituents is 1. The molecule has 4 N–H and O–H groups in total. The lowest BCUT2D eigenvalue weighted by Crippen LogP contribution is -2.54. The topological polar surface area (TPSA) is 238 Å². The summed E-state index contributed by atoms with van der Waals surface area (Å²) in [5.41, 5.74) is 0.136. The van der Waals surface area contributed by atoms with E-state index in [1.54, 1.807) is 0 Å². The summed E-state index contributed by atoms with van der Waals surface area (Å²) in [6.45, 7) is 5.81. The molecule has 5 saturated heterocycles. The summed E-state index contributed by atoms with van der Waals surface area (Å²) in [5.74, 6) is -2.21. The van der Waals surface area contributed by atoms with Crippen molar-refractivity contribution in [3.63, 3.8) is 0 Å². The summed E-state index contributed by atoms with van der Waals surface area (Å²) < 4.78 is 50.2. The Hall–Kier alpha value is -8.13. The SMILES string of the molecule is C#Cc1c(F)ccc2cc(O)cc(-c3ncc4c(N5CC6CCC(C5)N6)nc(OC[C@@]56CC[C@@H](COC(=O)N(C)CCOCC(=O)Nc7cccc8c7C(=O)N(C7CCC(=O)NC7=O)C8=O)N5CC(=C)C6)nc4c3F)c12. The zero-order valence-electron chi connectivity index (χ0n) is 41.3. The van der Waals surface area contributed by atoms with Crippen molar-refractivity contribution in [2.24, 2.45) is 0 Å². The number of aromatic nitrogens is 3. The molecular formula is C54H52F2N10O10. The van der Waals surface area contributed by atoms with Crippen LogP contribution in [0.3, 0.4) is 0 Å². The molecule has 0 aliphatic carbocycles. The number of piperazine rings is 1. The van der Waals surface area contributed by atoms with Crippen LogP contribution >= 0.6 is 0 Å². The Morgan fingerprint density at radius 1 is 1.04 bits per heavy atom. The number of pyridine rings is 1. The highest BCUT2D eigenvalue weighted by Crippen LogP contribution is 2.45. The van der Waals surface area contributed by atoms with Crippen LogP contribution in [0.2, 0.25) is 0 Å². The van der Waals surface area contributed by atoms with Gasteiger partial charge in [0.2, 0.25) is 17.7 Å². The summed E-state index contributed by atoms with van der Waals surface area (Å²) in [5, 5.41) is 20.1. The van der Waals surface area contributed by atoms with Gasteiger partial charge in [-0.2, -0.15) is 9.97 Å². The van der Waals surface area contributed by atoms with Gasteiger partial charge in [0.05, 0.1) is 39.9 Å². The number of anilines is 2. The minimum atomic E-state index is -1.16. The maximum Gasteiger partial charge on any atom is 0.409 e. The van der Waals surface area contributed by atoms with Gasteiger partial charge in [-0.05, 0) is 74.2 Å².